The lowest BCUT2D eigenvalue weighted by atomic mass is 9.97. The number of hydrogen-bond donors (Lipinski definition) is 0. The highest BCUT2D eigenvalue weighted by atomic mass is 16.9. The van der Waals surface area contributed by atoms with Gasteiger partial charge >= 0.3 is 5.97 Å². The number of rotatable bonds is 5. The Morgan fingerprint density at radius 2 is 1.83 bits per heavy atom. The molecule has 3 saturated heterocycles. The lowest BCUT2D eigenvalue weighted by Crippen LogP contribution is -2.63. The molecule has 1 aromatic carbocycles. The quantitative estimate of drug-likeness (QED) is 0.670. The number of carbonyl (C=O) groups is 1. The first-order valence-electron chi connectivity index (χ1n) is 10.3. The predicted octanol–water partition coefficient (Wildman–Crippen LogP) is 2.53. The standard InChI is InChI=1S/C22H30O8/c1-14(24-11-15-9-7-6-8-10-15)19(23)27-18-17-16(28-21(4,5)29-17)12-25-22(18)13-26-20(2,3)30-22/h6-10,14,16-18H,11-13H2,1-5H3/t14-,16-,17-,18+,22+/m1/s1. The zero-order valence-corrected chi connectivity index (χ0v) is 18.1. The maximum Gasteiger partial charge on any atom is 0.335 e. The van der Waals surface area contributed by atoms with Crippen molar-refractivity contribution >= 4 is 5.97 Å². The fourth-order valence-electron chi connectivity index (χ4n) is 4.01. The molecule has 0 bridgehead atoms. The Kier molecular flexibility index (Phi) is 5.67. The summed E-state index contributed by atoms with van der Waals surface area (Å²) in [5, 5.41) is 0. The van der Waals surface area contributed by atoms with Gasteiger partial charge in [0.1, 0.15) is 18.8 Å². The zero-order valence-electron chi connectivity index (χ0n) is 18.1. The first kappa shape index (κ1) is 21.7. The maximum atomic E-state index is 12.9. The highest BCUT2D eigenvalue weighted by molar-refractivity contribution is 5.74. The van der Waals surface area contributed by atoms with Gasteiger partial charge in [-0.3, -0.25) is 0 Å². The number of esters is 1. The van der Waals surface area contributed by atoms with E-state index in [2.05, 4.69) is 0 Å². The van der Waals surface area contributed by atoms with Gasteiger partial charge in [-0.15, -0.1) is 0 Å². The predicted molar refractivity (Wildman–Crippen MR) is 104 cm³/mol. The van der Waals surface area contributed by atoms with Crippen LogP contribution in [-0.2, 0) is 44.6 Å². The van der Waals surface area contributed by atoms with Crippen LogP contribution in [0.25, 0.3) is 0 Å². The van der Waals surface area contributed by atoms with Gasteiger partial charge in [0.05, 0.1) is 13.2 Å². The van der Waals surface area contributed by atoms with Crippen LogP contribution in [0.15, 0.2) is 30.3 Å². The lowest BCUT2D eigenvalue weighted by molar-refractivity contribution is -0.329. The Balaban J connectivity index is 1.48. The van der Waals surface area contributed by atoms with Crippen LogP contribution in [0, 0.1) is 0 Å². The van der Waals surface area contributed by atoms with Gasteiger partial charge in [-0.1, -0.05) is 30.3 Å². The van der Waals surface area contributed by atoms with Crippen LogP contribution >= 0.6 is 0 Å². The van der Waals surface area contributed by atoms with Crippen molar-refractivity contribution in [3.63, 3.8) is 0 Å². The summed E-state index contributed by atoms with van der Waals surface area (Å²) in [6, 6.07) is 9.64. The van der Waals surface area contributed by atoms with E-state index in [1.807, 2.05) is 44.2 Å². The average Bonchev–Trinajstić information content (AvgIpc) is 3.18. The molecule has 0 radical (unpaired) electrons. The molecule has 1 spiro atoms. The van der Waals surface area contributed by atoms with Crippen molar-refractivity contribution in [3.05, 3.63) is 35.9 Å². The first-order chi connectivity index (χ1) is 14.1. The molecule has 0 unspecified atom stereocenters. The van der Waals surface area contributed by atoms with E-state index in [1.165, 1.54) is 0 Å². The van der Waals surface area contributed by atoms with Gasteiger partial charge in [0, 0.05) is 0 Å². The highest BCUT2D eigenvalue weighted by Crippen LogP contribution is 2.45. The average molecular weight is 422 g/mol. The van der Waals surface area contributed by atoms with E-state index >= 15 is 0 Å². The molecule has 0 N–H and O–H groups in total. The molecule has 3 heterocycles. The molecule has 3 fully saturated rings. The molecule has 1 aromatic rings. The van der Waals surface area contributed by atoms with E-state index in [0.717, 1.165) is 5.56 Å². The fourth-order valence-corrected chi connectivity index (χ4v) is 4.01. The minimum atomic E-state index is -1.26. The smallest absolute Gasteiger partial charge is 0.335 e. The number of benzene rings is 1. The molecule has 5 atom stereocenters. The molecule has 0 saturated carbocycles. The van der Waals surface area contributed by atoms with E-state index < -0.39 is 41.6 Å². The van der Waals surface area contributed by atoms with Crippen molar-refractivity contribution in [2.24, 2.45) is 0 Å². The normalized spacial score (nSPS) is 35.2. The molecule has 3 aliphatic heterocycles. The maximum absolute atomic E-state index is 12.9. The lowest BCUT2D eigenvalue weighted by Gasteiger charge is -2.43. The molecule has 8 nitrogen and oxygen atoms in total. The van der Waals surface area contributed by atoms with Gasteiger partial charge in [-0.2, -0.15) is 0 Å². The summed E-state index contributed by atoms with van der Waals surface area (Å²) >= 11 is 0. The van der Waals surface area contributed by atoms with Crippen LogP contribution in [0.3, 0.4) is 0 Å². The highest BCUT2D eigenvalue weighted by Gasteiger charge is 2.64. The van der Waals surface area contributed by atoms with E-state index in [4.69, 9.17) is 33.2 Å². The molecule has 8 heteroatoms. The molecule has 3 aliphatic rings. The fraction of sp³-hybridized carbons (Fsp3) is 0.682. The van der Waals surface area contributed by atoms with Crippen LogP contribution in [0.1, 0.15) is 40.2 Å². The SMILES string of the molecule is C[C@@H](OCc1ccccc1)C(=O)O[C@H]1[C@@H]2OC(C)(C)O[C@@H]2CO[C@]12COC(C)(C)O2. The van der Waals surface area contributed by atoms with Crippen molar-refractivity contribution < 1.29 is 38.0 Å². The van der Waals surface area contributed by atoms with Gasteiger partial charge in [0.15, 0.2) is 23.8 Å². The summed E-state index contributed by atoms with van der Waals surface area (Å²) in [5.74, 6) is -3.48. The van der Waals surface area contributed by atoms with Crippen LogP contribution < -0.4 is 0 Å². The second-order valence-corrected chi connectivity index (χ2v) is 8.85. The summed E-state index contributed by atoms with van der Waals surface area (Å²) in [4.78, 5) is 12.9. The minimum Gasteiger partial charge on any atom is -0.452 e. The van der Waals surface area contributed by atoms with Crippen molar-refractivity contribution in [3.8, 4) is 0 Å². The summed E-state index contributed by atoms with van der Waals surface area (Å²) < 4.78 is 41.4. The third-order valence-electron chi connectivity index (χ3n) is 5.40. The van der Waals surface area contributed by atoms with E-state index in [9.17, 15) is 4.79 Å². The third-order valence-corrected chi connectivity index (χ3v) is 5.40. The molecular weight excluding hydrogens is 392 g/mol. The van der Waals surface area contributed by atoms with E-state index in [0.29, 0.717) is 6.61 Å². The van der Waals surface area contributed by atoms with E-state index in [1.54, 1.807) is 20.8 Å². The van der Waals surface area contributed by atoms with Crippen LogP contribution in [0.4, 0.5) is 0 Å². The Bertz CT molecular complexity index is 762. The van der Waals surface area contributed by atoms with Gasteiger partial charge in [0.25, 0.3) is 0 Å². The van der Waals surface area contributed by atoms with Crippen molar-refractivity contribution in [2.75, 3.05) is 13.2 Å². The number of carbonyl (C=O) groups excluding carboxylic acids is 1. The molecule has 0 aliphatic carbocycles. The Labute approximate surface area is 176 Å². The largest absolute Gasteiger partial charge is 0.452 e. The first-order valence-corrected chi connectivity index (χ1v) is 10.3. The van der Waals surface area contributed by atoms with Crippen LogP contribution in [0.2, 0.25) is 0 Å². The van der Waals surface area contributed by atoms with Crippen molar-refractivity contribution in [2.45, 2.75) is 83.0 Å². The zero-order chi connectivity index (χ0) is 21.6. The Morgan fingerprint density at radius 1 is 1.10 bits per heavy atom. The van der Waals surface area contributed by atoms with Crippen molar-refractivity contribution in [1.82, 2.24) is 0 Å². The third kappa shape index (κ3) is 4.39. The molecule has 4 rings (SSSR count). The molecule has 0 aromatic heterocycles. The molecule has 166 valence electrons. The van der Waals surface area contributed by atoms with Gasteiger partial charge in [-0.05, 0) is 40.2 Å². The van der Waals surface area contributed by atoms with Crippen molar-refractivity contribution in [1.29, 1.82) is 0 Å². The van der Waals surface area contributed by atoms with Gasteiger partial charge in [-0.25, -0.2) is 4.79 Å². The molecule has 0 amide bonds. The summed E-state index contributed by atoms with van der Waals surface area (Å²) in [6.07, 6.45) is -2.57. The van der Waals surface area contributed by atoms with Gasteiger partial charge < -0.3 is 33.2 Å². The summed E-state index contributed by atoms with van der Waals surface area (Å²) in [6.45, 7) is 9.54. The second kappa shape index (κ2) is 7.85. The number of ether oxygens (including phenoxy) is 7. The van der Waals surface area contributed by atoms with Gasteiger partial charge in [0.2, 0.25) is 5.79 Å². The Morgan fingerprint density at radius 3 is 2.50 bits per heavy atom. The monoisotopic (exact) mass is 422 g/mol. The number of fused-ring (bicyclic) bond motifs is 1. The molecule has 30 heavy (non-hydrogen) atoms. The van der Waals surface area contributed by atoms with Crippen LogP contribution in [0.5, 0.6) is 0 Å². The number of hydrogen-bond acceptors (Lipinski definition) is 8. The summed E-state index contributed by atoms with van der Waals surface area (Å²) in [7, 11) is 0. The molecular formula is C22H30O8. The Hall–Kier alpha value is -1.55. The van der Waals surface area contributed by atoms with Crippen LogP contribution in [-0.4, -0.2) is 61.0 Å². The minimum absolute atomic E-state index is 0.115. The van der Waals surface area contributed by atoms with E-state index in [-0.39, 0.29) is 19.3 Å². The summed E-state index contributed by atoms with van der Waals surface area (Å²) in [5.41, 5.74) is 0.971. The topological polar surface area (TPSA) is 81.7 Å². The second-order valence-electron chi connectivity index (χ2n) is 8.85.